The van der Waals surface area contributed by atoms with Gasteiger partial charge < -0.3 is 10.1 Å². The van der Waals surface area contributed by atoms with Crippen LogP contribution >= 0.6 is 11.3 Å². The molecule has 2 aromatic rings. The smallest absolute Gasteiger partial charge is 0.358 e. The summed E-state index contributed by atoms with van der Waals surface area (Å²) in [5, 5.41) is 4.05. The van der Waals surface area contributed by atoms with Gasteiger partial charge in [-0.2, -0.15) is 0 Å². The van der Waals surface area contributed by atoms with Crippen LogP contribution in [0.3, 0.4) is 0 Å². The molecule has 4 nitrogen and oxygen atoms in total. The SMILES string of the molecule is CCOC(=O)c1nc(NCCCc2ccccc2)sc1C. The second-order valence-electron chi connectivity index (χ2n) is 4.66. The molecule has 1 aromatic heterocycles. The Morgan fingerprint density at radius 2 is 2.10 bits per heavy atom. The number of hydrogen-bond donors (Lipinski definition) is 1. The molecule has 0 saturated carbocycles. The molecule has 0 bridgehead atoms. The summed E-state index contributed by atoms with van der Waals surface area (Å²) in [4.78, 5) is 16.9. The van der Waals surface area contributed by atoms with Gasteiger partial charge in [-0.1, -0.05) is 30.3 Å². The summed E-state index contributed by atoms with van der Waals surface area (Å²) < 4.78 is 4.98. The van der Waals surface area contributed by atoms with Gasteiger partial charge in [0, 0.05) is 11.4 Å². The average Bonchev–Trinajstić information content (AvgIpc) is 2.86. The molecule has 21 heavy (non-hydrogen) atoms. The molecule has 112 valence electrons. The minimum absolute atomic E-state index is 0.344. The first-order valence-electron chi connectivity index (χ1n) is 7.13. The predicted molar refractivity (Wildman–Crippen MR) is 86.1 cm³/mol. The zero-order chi connectivity index (χ0) is 15.1. The molecular weight excluding hydrogens is 284 g/mol. The molecule has 0 aliphatic heterocycles. The van der Waals surface area contributed by atoms with Crippen LogP contribution in [0.15, 0.2) is 30.3 Å². The topological polar surface area (TPSA) is 51.2 Å². The largest absolute Gasteiger partial charge is 0.461 e. The summed E-state index contributed by atoms with van der Waals surface area (Å²) in [5.41, 5.74) is 1.76. The summed E-state index contributed by atoms with van der Waals surface area (Å²) in [7, 11) is 0. The fraction of sp³-hybridized carbons (Fsp3) is 0.375. The third-order valence-electron chi connectivity index (χ3n) is 3.03. The molecule has 1 aromatic carbocycles. The monoisotopic (exact) mass is 304 g/mol. The number of aromatic nitrogens is 1. The number of nitrogens with zero attached hydrogens (tertiary/aromatic N) is 1. The maximum absolute atomic E-state index is 11.7. The molecule has 0 fully saturated rings. The molecular formula is C16H20N2O2S. The van der Waals surface area contributed by atoms with Crippen LogP contribution < -0.4 is 5.32 Å². The third-order valence-corrected chi connectivity index (χ3v) is 3.96. The molecule has 1 heterocycles. The Balaban J connectivity index is 1.81. The molecule has 5 heteroatoms. The molecule has 1 N–H and O–H groups in total. The van der Waals surface area contributed by atoms with Gasteiger partial charge in [-0.3, -0.25) is 0 Å². The zero-order valence-corrected chi connectivity index (χ0v) is 13.2. The van der Waals surface area contributed by atoms with Gasteiger partial charge in [0.25, 0.3) is 0 Å². The lowest BCUT2D eigenvalue weighted by Gasteiger charge is -2.03. The van der Waals surface area contributed by atoms with Crippen LogP contribution in [-0.4, -0.2) is 24.1 Å². The van der Waals surface area contributed by atoms with Crippen LogP contribution in [0.5, 0.6) is 0 Å². The number of esters is 1. The number of aryl methyl sites for hydroxylation is 2. The van der Waals surface area contributed by atoms with Gasteiger partial charge in [-0.05, 0) is 32.3 Å². The predicted octanol–water partition coefficient (Wildman–Crippen LogP) is 3.67. The minimum atomic E-state index is -0.344. The maximum atomic E-state index is 11.7. The van der Waals surface area contributed by atoms with E-state index in [1.54, 1.807) is 6.92 Å². The molecule has 0 unspecified atom stereocenters. The van der Waals surface area contributed by atoms with Crippen molar-refractivity contribution in [3.05, 3.63) is 46.5 Å². The van der Waals surface area contributed by atoms with E-state index in [0.717, 1.165) is 29.4 Å². The standard InChI is InChI=1S/C16H20N2O2S/c1-3-20-15(19)14-12(2)21-16(18-14)17-11-7-10-13-8-5-4-6-9-13/h4-6,8-9H,3,7,10-11H2,1-2H3,(H,17,18). The molecule has 2 rings (SSSR count). The van der Waals surface area contributed by atoms with E-state index in [1.165, 1.54) is 16.9 Å². The fourth-order valence-electron chi connectivity index (χ4n) is 1.99. The Labute approximate surface area is 129 Å². The van der Waals surface area contributed by atoms with Crippen LogP contribution in [0.25, 0.3) is 0 Å². The number of thiazole rings is 1. The summed E-state index contributed by atoms with van der Waals surface area (Å²) in [6.07, 6.45) is 2.06. The summed E-state index contributed by atoms with van der Waals surface area (Å²) >= 11 is 1.49. The molecule has 0 aliphatic carbocycles. The van der Waals surface area contributed by atoms with Crippen molar-refractivity contribution in [3.63, 3.8) is 0 Å². The molecule has 0 spiro atoms. The van der Waals surface area contributed by atoms with E-state index < -0.39 is 0 Å². The number of rotatable bonds is 7. The van der Waals surface area contributed by atoms with E-state index in [-0.39, 0.29) is 5.97 Å². The minimum Gasteiger partial charge on any atom is -0.461 e. The maximum Gasteiger partial charge on any atom is 0.358 e. The number of anilines is 1. The first-order valence-corrected chi connectivity index (χ1v) is 7.94. The van der Waals surface area contributed by atoms with Gasteiger partial charge in [0.15, 0.2) is 10.8 Å². The van der Waals surface area contributed by atoms with Crippen molar-refractivity contribution in [2.45, 2.75) is 26.7 Å². The van der Waals surface area contributed by atoms with Crippen LogP contribution in [0.1, 0.15) is 34.3 Å². The second kappa shape index (κ2) is 7.78. The third kappa shape index (κ3) is 4.56. The first kappa shape index (κ1) is 15.5. The van der Waals surface area contributed by atoms with Crippen molar-refractivity contribution in [1.82, 2.24) is 4.98 Å². The van der Waals surface area contributed by atoms with E-state index in [0.29, 0.717) is 12.3 Å². The lowest BCUT2D eigenvalue weighted by Crippen LogP contribution is -2.07. The van der Waals surface area contributed by atoms with Crippen LogP contribution in [-0.2, 0) is 11.2 Å². The Kier molecular flexibility index (Phi) is 5.75. The van der Waals surface area contributed by atoms with Crippen molar-refractivity contribution in [1.29, 1.82) is 0 Å². The van der Waals surface area contributed by atoms with Gasteiger partial charge in [0.1, 0.15) is 0 Å². The highest BCUT2D eigenvalue weighted by Gasteiger charge is 2.15. The Morgan fingerprint density at radius 1 is 1.33 bits per heavy atom. The van der Waals surface area contributed by atoms with Crippen molar-refractivity contribution in [2.75, 3.05) is 18.5 Å². The van der Waals surface area contributed by atoms with Crippen molar-refractivity contribution in [3.8, 4) is 0 Å². The quantitative estimate of drug-likeness (QED) is 0.626. The van der Waals surface area contributed by atoms with E-state index in [2.05, 4.69) is 34.6 Å². The molecule has 0 aliphatic rings. The summed E-state index contributed by atoms with van der Waals surface area (Å²) in [5.74, 6) is -0.344. The number of ether oxygens (including phenoxy) is 1. The van der Waals surface area contributed by atoms with Crippen molar-refractivity contribution >= 4 is 22.4 Å². The summed E-state index contributed by atoms with van der Waals surface area (Å²) in [6, 6.07) is 10.4. The van der Waals surface area contributed by atoms with Crippen LogP contribution in [0.2, 0.25) is 0 Å². The van der Waals surface area contributed by atoms with E-state index in [1.807, 2.05) is 13.0 Å². The highest BCUT2D eigenvalue weighted by Crippen LogP contribution is 2.22. The lowest BCUT2D eigenvalue weighted by atomic mass is 10.1. The number of carbonyl (C=O) groups excluding carboxylic acids is 1. The molecule has 0 atom stereocenters. The number of hydrogen-bond acceptors (Lipinski definition) is 5. The van der Waals surface area contributed by atoms with Crippen LogP contribution in [0.4, 0.5) is 5.13 Å². The number of nitrogens with one attached hydrogen (secondary N) is 1. The van der Waals surface area contributed by atoms with E-state index in [9.17, 15) is 4.79 Å². The van der Waals surface area contributed by atoms with E-state index in [4.69, 9.17) is 4.74 Å². The summed E-state index contributed by atoms with van der Waals surface area (Å²) in [6.45, 7) is 4.89. The Bertz CT molecular complexity index is 581. The first-order chi connectivity index (χ1) is 10.2. The highest BCUT2D eigenvalue weighted by atomic mass is 32.1. The molecule has 0 radical (unpaired) electrons. The molecule has 0 amide bonds. The highest BCUT2D eigenvalue weighted by molar-refractivity contribution is 7.15. The Hall–Kier alpha value is -1.88. The fourth-order valence-corrected chi connectivity index (χ4v) is 2.82. The zero-order valence-electron chi connectivity index (χ0n) is 12.4. The number of benzene rings is 1. The van der Waals surface area contributed by atoms with Crippen molar-refractivity contribution < 1.29 is 9.53 Å². The van der Waals surface area contributed by atoms with Gasteiger partial charge in [0.2, 0.25) is 0 Å². The molecule has 0 saturated heterocycles. The van der Waals surface area contributed by atoms with Gasteiger partial charge in [-0.15, -0.1) is 11.3 Å². The van der Waals surface area contributed by atoms with E-state index >= 15 is 0 Å². The average molecular weight is 304 g/mol. The second-order valence-corrected chi connectivity index (χ2v) is 5.86. The Morgan fingerprint density at radius 3 is 2.81 bits per heavy atom. The van der Waals surface area contributed by atoms with Gasteiger partial charge >= 0.3 is 5.97 Å². The number of carbonyl (C=O) groups is 1. The van der Waals surface area contributed by atoms with Crippen LogP contribution in [0, 0.1) is 6.92 Å². The van der Waals surface area contributed by atoms with Crippen molar-refractivity contribution in [2.24, 2.45) is 0 Å². The lowest BCUT2D eigenvalue weighted by molar-refractivity contribution is 0.0519. The van der Waals surface area contributed by atoms with Gasteiger partial charge in [0.05, 0.1) is 6.61 Å². The van der Waals surface area contributed by atoms with Gasteiger partial charge in [-0.25, -0.2) is 9.78 Å². The normalized spacial score (nSPS) is 10.4.